The quantitative estimate of drug-likeness (QED) is 0.818. The van der Waals surface area contributed by atoms with Crippen molar-refractivity contribution in [3.63, 3.8) is 0 Å². The molecule has 0 bridgehead atoms. The SMILES string of the molecule is CCNC(c1cccs1)C1CCCC1C. The van der Waals surface area contributed by atoms with Crippen molar-refractivity contribution in [1.29, 1.82) is 0 Å². The minimum atomic E-state index is 0.604. The van der Waals surface area contributed by atoms with E-state index < -0.39 is 0 Å². The summed E-state index contributed by atoms with van der Waals surface area (Å²) in [5.41, 5.74) is 0. The number of thiophene rings is 1. The van der Waals surface area contributed by atoms with Crippen LogP contribution in [0.2, 0.25) is 0 Å². The molecular formula is C13H21NS. The van der Waals surface area contributed by atoms with Crippen molar-refractivity contribution in [2.75, 3.05) is 6.54 Å². The highest BCUT2D eigenvalue weighted by atomic mass is 32.1. The lowest BCUT2D eigenvalue weighted by Gasteiger charge is -2.26. The Hall–Kier alpha value is -0.340. The van der Waals surface area contributed by atoms with Gasteiger partial charge in [0.1, 0.15) is 0 Å². The van der Waals surface area contributed by atoms with Gasteiger partial charge in [-0.2, -0.15) is 0 Å². The Labute approximate surface area is 96.9 Å². The zero-order valence-corrected chi connectivity index (χ0v) is 10.5. The summed E-state index contributed by atoms with van der Waals surface area (Å²) in [5.74, 6) is 1.74. The van der Waals surface area contributed by atoms with Gasteiger partial charge in [-0.05, 0) is 36.2 Å². The van der Waals surface area contributed by atoms with E-state index in [1.807, 2.05) is 11.3 Å². The molecule has 1 nitrogen and oxygen atoms in total. The highest BCUT2D eigenvalue weighted by Gasteiger charge is 2.31. The van der Waals surface area contributed by atoms with Gasteiger partial charge >= 0.3 is 0 Å². The van der Waals surface area contributed by atoms with Crippen LogP contribution in [0.4, 0.5) is 0 Å². The highest BCUT2D eigenvalue weighted by molar-refractivity contribution is 7.10. The normalized spacial score (nSPS) is 28.1. The average molecular weight is 223 g/mol. The summed E-state index contributed by atoms with van der Waals surface area (Å²) >= 11 is 1.90. The molecule has 1 N–H and O–H groups in total. The lowest BCUT2D eigenvalue weighted by molar-refractivity contribution is 0.309. The molecule has 3 unspecified atom stereocenters. The van der Waals surface area contributed by atoms with Gasteiger partial charge in [0.25, 0.3) is 0 Å². The third-order valence-corrected chi connectivity index (χ3v) is 4.59. The largest absolute Gasteiger partial charge is 0.309 e. The molecule has 15 heavy (non-hydrogen) atoms. The van der Waals surface area contributed by atoms with Gasteiger partial charge in [-0.3, -0.25) is 0 Å². The Kier molecular flexibility index (Phi) is 3.81. The molecule has 0 radical (unpaired) electrons. The van der Waals surface area contributed by atoms with Crippen LogP contribution in [0, 0.1) is 11.8 Å². The van der Waals surface area contributed by atoms with Crippen molar-refractivity contribution in [1.82, 2.24) is 5.32 Å². The van der Waals surface area contributed by atoms with Crippen LogP contribution in [0.3, 0.4) is 0 Å². The van der Waals surface area contributed by atoms with E-state index in [-0.39, 0.29) is 0 Å². The van der Waals surface area contributed by atoms with Gasteiger partial charge in [-0.25, -0.2) is 0 Å². The fraction of sp³-hybridized carbons (Fsp3) is 0.692. The molecule has 2 heteroatoms. The van der Waals surface area contributed by atoms with Gasteiger partial charge in [-0.15, -0.1) is 11.3 Å². The van der Waals surface area contributed by atoms with E-state index in [2.05, 4.69) is 36.7 Å². The predicted molar refractivity (Wildman–Crippen MR) is 67.2 cm³/mol. The van der Waals surface area contributed by atoms with E-state index >= 15 is 0 Å². The van der Waals surface area contributed by atoms with Crippen molar-refractivity contribution in [3.8, 4) is 0 Å². The van der Waals surface area contributed by atoms with E-state index in [4.69, 9.17) is 0 Å². The smallest absolute Gasteiger partial charge is 0.0445 e. The fourth-order valence-corrected chi connectivity index (χ4v) is 3.70. The Balaban J connectivity index is 2.12. The van der Waals surface area contributed by atoms with Gasteiger partial charge < -0.3 is 5.32 Å². The first-order valence-electron chi connectivity index (χ1n) is 6.09. The molecule has 3 atom stereocenters. The number of hydrogen-bond acceptors (Lipinski definition) is 2. The molecule has 1 aliphatic carbocycles. The molecule has 1 saturated carbocycles. The van der Waals surface area contributed by atoms with Gasteiger partial charge in [0, 0.05) is 10.9 Å². The zero-order chi connectivity index (χ0) is 10.7. The second-order valence-electron chi connectivity index (χ2n) is 4.62. The molecule has 84 valence electrons. The second kappa shape index (κ2) is 5.13. The second-order valence-corrected chi connectivity index (χ2v) is 5.60. The molecule has 0 aromatic carbocycles. The Morgan fingerprint density at radius 3 is 2.93 bits per heavy atom. The summed E-state index contributed by atoms with van der Waals surface area (Å²) in [6, 6.07) is 5.06. The Morgan fingerprint density at radius 2 is 2.40 bits per heavy atom. The maximum Gasteiger partial charge on any atom is 0.0445 e. The van der Waals surface area contributed by atoms with Crippen LogP contribution in [0.1, 0.15) is 44.0 Å². The van der Waals surface area contributed by atoms with Crippen molar-refractivity contribution in [3.05, 3.63) is 22.4 Å². The van der Waals surface area contributed by atoms with E-state index in [1.54, 1.807) is 0 Å². The Morgan fingerprint density at radius 1 is 1.53 bits per heavy atom. The first kappa shape index (κ1) is 11.2. The summed E-state index contributed by atoms with van der Waals surface area (Å²) in [5, 5.41) is 5.86. The molecular weight excluding hydrogens is 202 g/mol. The van der Waals surface area contributed by atoms with Crippen molar-refractivity contribution >= 4 is 11.3 Å². The fourth-order valence-electron chi connectivity index (χ4n) is 2.82. The molecule has 1 aliphatic rings. The molecule has 0 amide bonds. The van der Waals surface area contributed by atoms with Gasteiger partial charge in [0.2, 0.25) is 0 Å². The highest BCUT2D eigenvalue weighted by Crippen LogP contribution is 2.41. The molecule has 1 aromatic rings. The third-order valence-electron chi connectivity index (χ3n) is 3.63. The van der Waals surface area contributed by atoms with Gasteiger partial charge in [0.15, 0.2) is 0 Å². The monoisotopic (exact) mass is 223 g/mol. The zero-order valence-electron chi connectivity index (χ0n) is 9.70. The van der Waals surface area contributed by atoms with E-state index in [1.165, 1.54) is 24.1 Å². The van der Waals surface area contributed by atoms with Crippen LogP contribution in [0.25, 0.3) is 0 Å². The summed E-state index contributed by atoms with van der Waals surface area (Å²) in [7, 11) is 0. The van der Waals surface area contributed by atoms with E-state index in [0.717, 1.165) is 18.4 Å². The van der Waals surface area contributed by atoms with Crippen molar-refractivity contribution in [2.45, 2.75) is 39.2 Å². The molecule has 1 fully saturated rings. The van der Waals surface area contributed by atoms with Crippen molar-refractivity contribution < 1.29 is 0 Å². The maximum atomic E-state index is 3.67. The van der Waals surface area contributed by atoms with Gasteiger partial charge in [0.05, 0.1) is 0 Å². The molecule has 0 saturated heterocycles. The van der Waals surface area contributed by atoms with E-state index in [0.29, 0.717) is 6.04 Å². The molecule has 1 aromatic heterocycles. The van der Waals surface area contributed by atoms with Crippen LogP contribution in [0.15, 0.2) is 17.5 Å². The topological polar surface area (TPSA) is 12.0 Å². The maximum absolute atomic E-state index is 3.67. The first-order valence-corrected chi connectivity index (χ1v) is 6.97. The molecule has 0 aliphatic heterocycles. The molecule has 2 rings (SSSR count). The van der Waals surface area contributed by atoms with E-state index in [9.17, 15) is 0 Å². The number of rotatable bonds is 4. The third kappa shape index (κ3) is 2.43. The Bertz CT molecular complexity index is 281. The standard InChI is InChI=1S/C13H21NS/c1-3-14-13(12-8-5-9-15-12)11-7-4-6-10(11)2/h5,8-11,13-14H,3-4,6-7H2,1-2H3. The lowest BCUT2D eigenvalue weighted by atomic mass is 9.89. The summed E-state index contributed by atoms with van der Waals surface area (Å²) in [6.45, 7) is 5.70. The molecule has 1 heterocycles. The van der Waals surface area contributed by atoms with Gasteiger partial charge in [-0.1, -0.05) is 32.8 Å². The summed E-state index contributed by atoms with van der Waals surface area (Å²) in [6.07, 6.45) is 4.23. The van der Waals surface area contributed by atoms with Crippen LogP contribution >= 0.6 is 11.3 Å². The minimum absolute atomic E-state index is 0.604. The average Bonchev–Trinajstić information content (AvgIpc) is 2.85. The first-order chi connectivity index (χ1) is 7.33. The predicted octanol–water partition coefficient (Wildman–Crippen LogP) is 3.83. The minimum Gasteiger partial charge on any atom is -0.309 e. The lowest BCUT2D eigenvalue weighted by Crippen LogP contribution is -2.28. The van der Waals surface area contributed by atoms with Crippen LogP contribution in [0.5, 0.6) is 0 Å². The molecule has 0 spiro atoms. The number of hydrogen-bond donors (Lipinski definition) is 1. The summed E-state index contributed by atoms with van der Waals surface area (Å²) < 4.78 is 0. The van der Waals surface area contributed by atoms with Crippen molar-refractivity contribution in [2.24, 2.45) is 11.8 Å². The van der Waals surface area contributed by atoms with Crippen LogP contribution < -0.4 is 5.32 Å². The van der Waals surface area contributed by atoms with Crippen LogP contribution in [-0.2, 0) is 0 Å². The summed E-state index contributed by atoms with van der Waals surface area (Å²) in [4.78, 5) is 1.52. The van der Waals surface area contributed by atoms with Crippen LogP contribution in [-0.4, -0.2) is 6.54 Å². The number of nitrogens with one attached hydrogen (secondary N) is 1.